The summed E-state index contributed by atoms with van der Waals surface area (Å²) in [5.41, 5.74) is 3.32. The van der Waals surface area contributed by atoms with E-state index < -0.39 is 16.1 Å². The van der Waals surface area contributed by atoms with Crippen molar-refractivity contribution in [3.05, 3.63) is 35.7 Å². The number of likely N-dealkylation sites (tertiary alicyclic amines) is 1. The summed E-state index contributed by atoms with van der Waals surface area (Å²) >= 11 is 0. The van der Waals surface area contributed by atoms with Crippen molar-refractivity contribution in [2.45, 2.75) is 19.6 Å². The Bertz CT molecular complexity index is 831. The molecular weight excluding hydrogens is 328 g/mol. The van der Waals surface area contributed by atoms with Gasteiger partial charge in [-0.15, -0.1) is 0 Å². The zero-order chi connectivity index (χ0) is 17.5. The molecule has 0 amide bonds. The van der Waals surface area contributed by atoms with Gasteiger partial charge in [-0.25, -0.2) is 17.2 Å². The predicted octanol–water partition coefficient (Wildman–Crippen LogP) is 0.327. The lowest BCUT2D eigenvalue weighted by Crippen LogP contribution is -2.33. The molecule has 0 radical (unpaired) electrons. The van der Waals surface area contributed by atoms with Gasteiger partial charge < -0.3 is 5.11 Å². The summed E-state index contributed by atoms with van der Waals surface area (Å²) in [5, 5.41) is 14.6. The lowest BCUT2D eigenvalue weighted by Gasteiger charge is -2.18. The number of β-amino-alcohol motifs (C(OH)–C–C–N with tert-alkyl or cyclic N) is 1. The van der Waals surface area contributed by atoms with Crippen LogP contribution in [0.3, 0.4) is 0 Å². The van der Waals surface area contributed by atoms with Gasteiger partial charge in [0.05, 0.1) is 23.6 Å². The number of sulfonamides is 1. The third-order valence-electron chi connectivity index (χ3n) is 4.68. The SMILES string of the molecule is Cc1cccn2ncc(CN3C[C@@H](CS(=O)(=O)N(C)C)[C@H](O)C3)c12. The van der Waals surface area contributed by atoms with Crippen LogP contribution in [0.5, 0.6) is 0 Å². The van der Waals surface area contributed by atoms with E-state index in [-0.39, 0.29) is 11.7 Å². The van der Waals surface area contributed by atoms with Crippen molar-refractivity contribution in [1.82, 2.24) is 18.8 Å². The first-order valence-electron chi connectivity index (χ1n) is 8.00. The van der Waals surface area contributed by atoms with Gasteiger partial charge in [-0.05, 0) is 18.6 Å². The first kappa shape index (κ1) is 17.3. The van der Waals surface area contributed by atoms with Crippen LogP contribution in [0.15, 0.2) is 24.5 Å². The molecule has 7 nitrogen and oxygen atoms in total. The van der Waals surface area contributed by atoms with Gasteiger partial charge in [0.1, 0.15) is 0 Å². The van der Waals surface area contributed by atoms with Crippen LogP contribution in [0.2, 0.25) is 0 Å². The van der Waals surface area contributed by atoms with Crippen LogP contribution in [0.1, 0.15) is 11.1 Å². The maximum atomic E-state index is 12.1. The summed E-state index contributed by atoms with van der Waals surface area (Å²) in [4.78, 5) is 2.10. The number of aliphatic hydroxyl groups excluding tert-OH is 1. The Morgan fingerprint density at radius 3 is 2.83 bits per heavy atom. The molecule has 0 bridgehead atoms. The fourth-order valence-electron chi connectivity index (χ4n) is 3.30. The number of rotatable bonds is 5. The van der Waals surface area contributed by atoms with Gasteiger partial charge in [0.15, 0.2) is 0 Å². The second-order valence-electron chi connectivity index (χ2n) is 6.74. The van der Waals surface area contributed by atoms with Crippen molar-refractivity contribution < 1.29 is 13.5 Å². The summed E-state index contributed by atoms with van der Waals surface area (Å²) in [5.74, 6) is -0.286. The molecule has 1 aliphatic heterocycles. The molecule has 0 unspecified atom stereocenters. The van der Waals surface area contributed by atoms with Crippen LogP contribution in [-0.2, 0) is 16.6 Å². The zero-order valence-electron chi connectivity index (χ0n) is 14.3. The molecule has 132 valence electrons. The number of nitrogens with zero attached hydrogens (tertiary/aromatic N) is 4. The number of aliphatic hydroxyl groups is 1. The second-order valence-corrected chi connectivity index (χ2v) is 8.96. The first-order valence-corrected chi connectivity index (χ1v) is 9.61. The Kier molecular flexibility index (Phi) is 4.65. The summed E-state index contributed by atoms with van der Waals surface area (Å²) in [6.07, 6.45) is 3.14. The van der Waals surface area contributed by atoms with Crippen molar-refractivity contribution in [2.24, 2.45) is 5.92 Å². The summed E-state index contributed by atoms with van der Waals surface area (Å²) in [7, 11) is -0.263. The fraction of sp³-hybridized carbons (Fsp3) is 0.562. The summed E-state index contributed by atoms with van der Waals surface area (Å²) in [6.45, 7) is 3.75. The molecule has 0 saturated carbocycles. The lowest BCUT2D eigenvalue weighted by molar-refractivity contribution is 0.148. The molecule has 1 fully saturated rings. The third-order valence-corrected chi connectivity index (χ3v) is 6.64. The Balaban J connectivity index is 1.73. The molecule has 3 heterocycles. The molecular formula is C16H24N4O3S. The van der Waals surface area contributed by atoms with Gasteiger partial charge in [-0.2, -0.15) is 5.10 Å². The monoisotopic (exact) mass is 352 g/mol. The summed E-state index contributed by atoms with van der Waals surface area (Å²) < 4.78 is 27.2. The molecule has 2 atom stereocenters. The van der Waals surface area contributed by atoms with E-state index in [0.717, 1.165) is 16.6 Å². The quantitative estimate of drug-likeness (QED) is 0.839. The minimum Gasteiger partial charge on any atom is -0.391 e. The molecule has 2 aromatic heterocycles. The van der Waals surface area contributed by atoms with E-state index in [9.17, 15) is 13.5 Å². The maximum Gasteiger partial charge on any atom is 0.214 e. The normalized spacial score (nSPS) is 22.7. The third kappa shape index (κ3) is 3.32. The van der Waals surface area contributed by atoms with E-state index in [1.54, 1.807) is 0 Å². The number of hydrogen-bond donors (Lipinski definition) is 1. The van der Waals surface area contributed by atoms with Crippen LogP contribution in [0.4, 0.5) is 0 Å². The second kappa shape index (κ2) is 6.44. The molecule has 2 aromatic rings. The smallest absolute Gasteiger partial charge is 0.214 e. The average Bonchev–Trinajstić information content (AvgIpc) is 3.04. The van der Waals surface area contributed by atoms with Gasteiger partial charge in [0, 0.05) is 51.4 Å². The Hall–Kier alpha value is -1.48. The highest BCUT2D eigenvalue weighted by Gasteiger charge is 2.35. The van der Waals surface area contributed by atoms with Crippen LogP contribution in [0.25, 0.3) is 5.52 Å². The first-order chi connectivity index (χ1) is 11.3. The number of aromatic nitrogens is 2. The zero-order valence-corrected chi connectivity index (χ0v) is 15.1. The van der Waals surface area contributed by atoms with Crippen LogP contribution in [-0.4, -0.2) is 71.4 Å². The van der Waals surface area contributed by atoms with E-state index in [2.05, 4.69) is 10.00 Å². The Morgan fingerprint density at radius 2 is 2.12 bits per heavy atom. The van der Waals surface area contributed by atoms with Gasteiger partial charge in [-0.1, -0.05) is 6.07 Å². The molecule has 8 heteroatoms. The molecule has 3 rings (SSSR count). The standard InChI is InChI=1S/C16H24N4O3S/c1-12-5-4-6-20-16(12)13(7-17-20)8-19-9-14(15(21)10-19)11-24(22,23)18(2)3/h4-7,14-15,21H,8-11H2,1-3H3/t14-,15+/m0/s1. The van der Waals surface area contributed by atoms with Crippen molar-refractivity contribution in [1.29, 1.82) is 0 Å². The molecule has 24 heavy (non-hydrogen) atoms. The van der Waals surface area contributed by atoms with E-state index in [0.29, 0.717) is 19.6 Å². The minimum absolute atomic E-state index is 0.0224. The highest BCUT2D eigenvalue weighted by Crippen LogP contribution is 2.24. The Morgan fingerprint density at radius 1 is 1.38 bits per heavy atom. The van der Waals surface area contributed by atoms with Gasteiger partial charge in [-0.3, -0.25) is 4.90 Å². The van der Waals surface area contributed by atoms with Crippen LogP contribution < -0.4 is 0 Å². The van der Waals surface area contributed by atoms with E-state index in [1.165, 1.54) is 18.4 Å². The number of fused-ring (bicyclic) bond motifs is 1. The topological polar surface area (TPSA) is 78.2 Å². The number of aryl methyl sites for hydroxylation is 1. The van der Waals surface area contributed by atoms with E-state index in [4.69, 9.17) is 0 Å². The van der Waals surface area contributed by atoms with Crippen molar-refractivity contribution >= 4 is 15.5 Å². The molecule has 0 spiro atoms. The van der Waals surface area contributed by atoms with Gasteiger partial charge >= 0.3 is 0 Å². The maximum absolute atomic E-state index is 12.1. The molecule has 1 aliphatic rings. The molecule has 0 aliphatic carbocycles. The van der Waals surface area contributed by atoms with Crippen molar-refractivity contribution in [2.75, 3.05) is 32.9 Å². The largest absolute Gasteiger partial charge is 0.391 e. The molecule has 0 aromatic carbocycles. The average molecular weight is 352 g/mol. The highest BCUT2D eigenvalue weighted by molar-refractivity contribution is 7.89. The van der Waals surface area contributed by atoms with E-state index >= 15 is 0 Å². The fourth-order valence-corrected chi connectivity index (χ4v) is 4.47. The van der Waals surface area contributed by atoms with Crippen molar-refractivity contribution in [3.63, 3.8) is 0 Å². The van der Waals surface area contributed by atoms with Crippen molar-refractivity contribution in [3.8, 4) is 0 Å². The number of hydrogen-bond acceptors (Lipinski definition) is 5. The lowest BCUT2D eigenvalue weighted by atomic mass is 10.1. The van der Waals surface area contributed by atoms with E-state index in [1.807, 2.05) is 36.0 Å². The van der Waals surface area contributed by atoms with Crippen LogP contribution in [0, 0.1) is 12.8 Å². The molecule has 1 saturated heterocycles. The molecule has 1 N–H and O–H groups in total. The minimum atomic E-state index is -3.31. The highest BCUT2D eigenvalue weighted by atomic mass is 32.2. The predicted molar refractivity (Wildman–Crippen MR) is 92.2 cm³/mol. The van der Waals surface area contributed by atoms with Crippen LogP contribution >= 0.6 is 0 Å². The van der Waals surface area contributed by atoms with Gasteiger partial charge in [0.2, 0.25) is 10.0 Å². The number of pyridine rings is 1. The van der Waals surface area contributed by atoms with Gasteiger partial charge in [0.25, 0.3) is 0 Å². The summed E-state index contributed by atoms with van der Waals surface area (Å²) in [6, 6.07) is 4.01. The Labute approximate surface area is 142 Å².